The molecule has 4 aromatic carbocycles. The summed E-state index contributed by atoms with van der Waals surface area (Å²) < 4.78 is 7.70. The monoisotopic (exact) mass is 350 g/mol. The second kappa shape index (κ2) is 5.20. The fraction of sp³-hybridized carbons (Fsp3) is 0. The van der Waals surface area contributed by atoms with Crippen LogP contribution in [0.15, 0.2) is 84.2 Å². The smallest absolute Gasteiger partial charge is 0.135 e. The molecule has 0 N–H and O–H groups in total. The quantitative estimate of drug-likeness (QED) is 0.276. The Bertz CT molecular complexity index is 1310. The molecule has 26 heavy (non-hydrogen) atoms. The number of benzene rings is 4. The molecule has 5 aromatic rings. The van der Waals surface area contributed by atoms with Gasteiger partial charge in [0.05, 0.1) is 0 Å². The maximum absolute atomic E-state index is 6.36. The molecule has 0 fully saturated rings. The summed E-state index contributed by atoms with van der Waals surface area (Å²) in [4.78, 5) is 0. The second-order valence-corrected chi connectivity index (χ2v) is 7.47. The molecular formula is C24H14OS. The van der Waals surface area contributed by atoms with Crippen molar-refractivity contribution in [3.8, 4) is 33.8 Å². The third kappa shape index (κ3) is 1.80. The first-order valence-corrected chi connectivity index (χ1v) is 9.58. The van der Waals surface area contributed by atoms with Crippen LogP contribution in [0.5, 0.6) is 11.5 Å². The number of para-hydroxylation sites is 2. The Labute approximate surface area is 155 Å². The number of rotatable bonds is 0. The highest BCUT2D eigenvalue weighted by atomic mass is 32.1. The predicted molar refractivity (Wildman–Crippen MR) is 110 cm³/mol. The van der Waals surface area contributed by atoms with E-state index in [-0.39, 0.29) is 0 Å². The molecule has 0 unspecified atom stereocenters. The van der Waals surface area contributed by atoms with Crippen LogP contribution in [0.2, 0.25) is 0 Å². The Morgan fingerprint density at radius 1 is 0.538 bits per heavy atom. The van der Waals surface area contributed by atoms with E-state index in [2.05, 4.69) is 72.1 Å². The molecule has 0 aliphatic carbocycles. The third-order valence-corrected chi connectivity index (χ3v) is 6.11. The normalized spacial score (nSPS) is 12.2. The van der Waals surface area contributed by atoms with Gasteiger partial charge in [-0.2, -0.15) is 0 Å². The molecule has 1 aliphatic heterocycles. The summed E-state index contributed by atoms with van der Waals surface area (Å²) in [5.41, 5.74) is 4.86. The highest BCUT2D eigenvalue weighted by Crippen LogP contribution is 2.53. The lowest BCUT2D eigenvalue weighted by molar-refractivity contribution is 0.488. The molecule has 0 spiro atoms. The van der Waals surface area contributed by atoms with Crippen LogP contribution in [-0.4, -0.2) is 0 Å². The molecular weight excluding hydrogens is 336 g/mol. The van der Waals surface area contributed by atoms with Crippen molar-refractivity contribution in [2.24, 2.45) is 0 Å². The number of hydrogen-bond acceptors (Lipinski definition) is 2. The van der Waals surface area contributed by atoms with Crippen LogP contribution in [0.1, 0.15) is 0 Å². The Morgan fingerprint density at radius 2 is 1.12 bits per heavy atom. The van der Waals surface area contributed by atoms with Crippen molar-refractivity contribution < 1.29 is 4.74 Å². The van der Waals surface area contributed by atoms with E-state index in [1.54, 1.807) is 0 Å². The fourth-order valence-corrected chi connectivity index (χ4v) is 5.03. The fourth-order valence-electron chi connectivity index (χ4n) is 4.09. The molecule has 0 saturated heterocycles. The van der Waals surface area contributed by atoms with Crippen LogP contribution in [0, 0.1) is 0 Å². The SMILES string of the molecule is c1ccc2c(c1)Oc1ccccc1-c1c-2c2ccccc2c2sccc12. The summed E-state index contributed by atoms with van der Waals surface area (Å²) in [6.45, 7) is 0. The number of fused-ring (bicyclic) bond motifs is 10. The molecule has 1 aliphatic rings. The maximum atomic E-state index is 6.36. The van der Waals surface area contributed by atoms with Crippen LogP contribution in [0.3, 0.4) is 0 Å². The topological polar surface area (TPSA) is 9.23 Å². The van der Waals surface area contributed by atoms with Crippen LogP contribution in [0.25, 0.3) is 43.1 Å². The molecule has 6 rings (SSSR count). The molecule has 2 heterocycles. The summed E-state index contributed by atoms with van der Waals surface area (Å²) >= 11 is 1.81. The van der Waals surface area contributed by atoms with E-state index in [0.717, 1.165) is 22.6 Å². The first-order chi connectivity index (χ1) is 12.9. The van der Waals surface area contributed by atoms with Gasteiger partial charge in [-0.3, -0.25) is 0 Å². The zero-order valence-electron chi connectivity index (χ0n) is 13.9. The Morgan fingerprint density at radius 3 is 1.85 bits per heavy atom. The Kier molecular flexibility index (Phi) is 2.82. The van der Waals surface area contributed by atoms with E-state index in [4.69, 9.17) is 4.74 Å². The summed E-state index contributed by atoms with van der Waals surface area (Å²) in [5.74, 6) is 1.83. The van der Waals surface area contributed by atoms with E-state index in [1.807, 2.05) is 23.5 Å². The van der Waals surface area contributed by atoms with Gasteiger partial charge in [0.1, 0.15) is 11.5 Å². The molecule has 1 nitrogen and oxygen atoms in total. The van der Waals surface area contributed by atoms with Gasteiger partial charge >= 0.3 is 0 Å². The lowest BCUT2D eigenvalue weighted by Gasteiger charge is -2.14. The average molecular weight is 350 g/mol. The van der Waals surface area contributed by atoms with Crippen molar-refractivity contribution >= 4 is 32.2 Å². The lowest BCUT2D eigenvalue weighted by atomic mass is 9.87. The number of thiophene rings is 1. The van der Waals surface area contributed by atoms with E-state index < -0.39 is 0 Å². The molecule has 0 amide bonds. The minimum Gasteiger partial charge on any atom is -0.456 e. The summed E-state index contributed by atoms with van der Waals surface area (Å²) in [6.07, 6.45) is 0. The van der Waals surface area contributed by atoms with Gasteiger partial charge in [-0.1, -0.05) is 60.7 Å². The van der Waals surface area contributed by atoms with Crippen molar-refractivity contribution in [3.05, 3.63) is 84.2 Å². The van der Waals surface area contributed by atoms with Gasteiger partial charge in [-0.05, 0) is 29.0 Å². The standard InChI is InChI=1S/C24H14OS/c1-2-8-16-15(7-1)22-17-9-3-5-11-20(17)25-21-12-6-4-10-18(21)23(22)19-13-14-26-24(16)19/h1-14H. The molecule has 122 valence electrons. The van der Waals surface area contributed by atoms with Crippen molar-refractivity contribution in [1.82, 2.24) is 0 Å². The van der Waals surface area contributed by atoms with Gasteiger partial charge in [0, 0.05) is 37.7 Å². The van der Waals surface area contributed by atoms with Gasteiger partial charge < -0.3 is 4.74 Å². The second-order valence-electron chi connectivity index (χ2n) is 6.55. The van der Waals surface area contributed by atoms with E-state index >= 15 is 0 Å². The molecule has 0 bridgehead atoms. The zero-order valence-corrected chi connectivity index (χ0v) is 14.7. The van der Waals surface area contributed by atoms with Crippen molar-refractivity contribution in [1.29, 1.82) is 0 Å². The molecule has 0 atom stereocenters. The van der Waals surface area contributed by atoms with Gasteiger partial charge in [0.25, 0.3) is 0 Å². The van der Waals surface area contributed by atoms with Crippen molar-refractivity contribution in [2.75, 3.05) is 0 Å². The van der Waals surface area contributed by atoms with Crippen LogP contribution < -0.4 is 4.74 Å². The summed E-state index contributed by atoms with van der Waals surface area (Å²) in [5, 5.41) is 6.09. The van der Waals surface area contributed by atoms with Gasteiger partial charge in [-0.15, -0.1) is 11.3 Å². The number of ether oxygens (including phenoxy) is 1. The average Bonchev–Trinajstić information content (AvgIpc) is 3.13. The summed E-state index contributed by atoms with van der Waals surface area (Å²) in [7, 11) is 0. The minimum atomic E-state index is 0.915. The van der Waals surface area contributed by atoms with E-state index in [1.165, 1.54) is 32.0 Å². The van der Waals surface area contributed by atoms with Crippen LogP contribution in [-0.2, 0) is 0 Å². The van der Waals surface area contributed by atoms with E-state index in [0.29, 0.717) is 0 Å². The largest absolute Gasteiger partial charge is 0.456 e. The summed E-state index contributed by atoms with van der Waals surface area (Å²) in [6, 6.07) is 27.7. The first-order valence-electron chi connectivity index (χ1n) is 8.70. The Balaban J connectivity index is 1.95. The van der Waals surface area contributed by atoms with Crippen molar-refractivity contribution in [3.63, 3.8) is 0 Å². The molecule has 1 aromatic heterocycles. The molecule has 0 saturated carbocycles. The molecule has 0 radical (unpaired) electrons. The van der Waals surface area contributed by atoms with Crippen molar-refractivity contribution in [2.45, 2.75) is 0 Å². The zero-order chi connectivity index (χ0) is 17.1. The third-order valence-electron chi connectivity index (χ3n) is 5.16. The highest BCUT2D eigenvalue weighted by Gasteiger charge is 2.25. The predicted octanol–water partition coefficient (Wildman–Crippen LogP) is 7.49. The molecule has 2 heteroatoms. The maximum Gasteiger partial charge on any atom is 0.135 e. The highest BCUT2D eigenvalue weighted by molar-refractivity contribution is 7.18. The van der Waals surface area contributed by atoms with E-state index in [9.17, 15) is 0 Å². The van der Waals surface area contributed by atoms with Gasteiger partial charge in [0.15, 0.2) is 0 Å². The van der Waals surface area contributed by atoms with Crippen LogP contribution >= 0.6 is 11.3 Å². The Hall–Kier alpha value is -3.10. The number of hydrogen-bond donors (Lipinski definition) is 0. The lowest BCUT2D eigenvalue weighted by Crippen LogP contribution is -1.87. The van der Waals surface area contributed by atoms with Gasteiger partial charge in [-0.25, -0.2) is 0 Å². The van der Waals surface area contributed by atoms with Gasteiger partial charge in [0.2, 0.25) is 0 Å². The van der Waals surface area contributed by atoms with Crippen LogP contribution in [0.4, 0.5) is 0 Å². The first kappa shape index (κ1) is 14.1. The minimum absolute atomic E-state index is 0.915.